The molecule has 19 heavy (non-hydrogen) atoms. The Bertz CT molecular complexity index is 442. The Morgan fingerprint density at radius 3 is 3.05 bits per heavy atom. The summed E-state index contributed by atoms with van der Waals surface area (Å²) in [5, 5.41) is 6.37. The van der Waals surface area contributed by atoms with Gasteiger partial charge in [0.05, 0.1) is 0 Å². The van der Waals surface area contributed by atoms with Crippen molar-refractivity contribution in [2.75, 3.05) is 18.4 Å². The van der Waals surface area contributed by atoms with E-state index in [4.69, 9.17) is 0 Å². The van der Waals surface area contributed by atoms with E-state index in [-0.39, 0.29) is 5.91 Å². The van der Waals surface area contributed by atoms with Gasteiger partial charge < -0.3 is 10.6 Å². The molecule has 1 saturated heterocycles. The second kappa shape index (κ2) is 7.06. The average Bonchev–Trinajstić information content (AvgIpc) is 2.91. The second-order valence-electron chi connectivity index (χ2n) is 5.10. The highest BCUT2D eigenvalue weighted by molar-refractivity contribution is 9.10. The normalized spacial score (nSPS) is 18.5. The second-order valence-corrected chi connectivity index (χ2v) is 6.02. The molecule has 0 bridgehead atoms. The fourth-order valence-electron chi connectivity index (χ4n) is 2.49. The van der Waals surface area contributed by atoms with Gasteiger partial charge in [-0.3, -0.25) is 4.79 Å². The summed E-state index contributed by atoms with van der Waals surface area (Å²) >= 11 is 3.46. The molecule has 104 valence electrons. The van der Waals surface area contributed by atoms with E-state index in [0.717, 1.165) is 36.1 Å². The van der Waals surface area contributed by atoms with Crippen LogP contribution in [0.1, 0.15) is 31.7 Å². The number of hydrogen-bond donors (Lipinski definition) is 2. The highest BCUT2D eigenvalue weighted by atomic mass is 79.9. The molecule has 3 nitrogen and oxygen atoms in total. The third kappa shape index (κ3) is 4.32. The van der Waals surface area contributed by atoms with Gasteiger partial charge in [0, 0.05) is 16.6 Å². The molecular weight excluding hydrogens is 304 g/mol. The maximum absolute atomic E-state index is 12.0. The lowest BCUT2D eigenvalue weighted by Crippen LogP contribution is -2.15. The SMILES string of the molecule is CCc1cc(Br)ccc1NC(=O)CCC1CCNC1. The molecule has 2 rings (SSSR count). The lowest BCUT2D eigenvalue weighted by molar-refractivity contribution is -0.116. The van der Waals surface area contributed by atoms with Gasteiger partial charge in [-0.05, 0) is 62.0 Å². The quantitative estimate of drug-likeness (QED) is 0.872. The van der Waals surface area contributed by atoms with E-state index in [1.807, 2.05) is 12.1 Å². The number of benzene rings is 1. The molecule has 1 aromatic carbocycles. The van der Waals surface area contributed by atoms with Crippen LogP contribution in [0.4, 0.5) is 5.69 Å². The Hall–Kier alpha value is -0.870. The lowest BCUT2D eigenvalue weighted by atomic mass is 10.0. The van der Waals surface area contributed by atoms with Crippen molar-refractivity contribution in [3.8, 4) is 0 Å². The third-order valence-corrected chi connectivity index (χ3v) is 4.16. The van der Waals surface area contributed by atoms with Crippen molar-refractivity contribution in [2.45, 2.75) is 32.6 Å². The van der Waals surface area contributed by atoms with E-state index in [2.05, 4.69) is 39.6 Å². The van der Waals surface area contributed by atoms with Crippen LogP contribution in [0.15, 0.2) is 22.7 Å². The number of anilines is 1. The van der Waals surface area contributed by atoms with Crippen LogP contribution < -0.4 is 10.6 Å². The van der Waals surface area contributed by atoms with E-state index in [1.165, 1.54) is 12.0 Å². The minimum Gasteiger partial charge on any atom is -0.326 e. The number of halogens is 1. The fraction of sp³-hybridized carbons (Fsp3) is 0.533. The summed E-state index contributed by atoms with van der Waals surface area (Å²) in [7, 11) is 0. The van der Waals surface area contributed by atoms with E-state index in [9.17, 15) is 4.79 Å². The first-order valence-corrected chi connectivity index (χ1v) is 7.77. The van der Waals surface area contributed by atoms with Crippen molar-refractivity contribution in [3.05, 3.63) is 28.2 Å². The van der Waals surface area contributed by atoms with E-state index in [1.54, 1.807) is 0 Å². The standard InChI is InChI=1S/C15H21BrN2O/c1-2-12-9-13(16)4-5-14(12)18-15(19)6-3-11-7-8-17-10-11/h4-5,9,11,17H,2-3,6-8,10H2,1H3,(H,18,19). The molecule has 1 unspecified atom stereocenters. The number of nitrogens with one attached hydrogen (secondary N) is 2. The Morgan fingerprint density at radius 1 is 1.53 bits per heavy atom. The van der Waals surface area contributed by atoms with Gasteiger partial charge in [-0.2, -0.15) is 0 Å². The van der Waals surface area contributed by atoms with Gasteiger partial charge in [0.1, 0.15) is 0 Å². The molecule has 1 amide bonds. The molecule has 1 atom stereocenters. The summed E-state index contributed by atoms with van der Waals surface area (Å²) in [6.07, 6.45) is 3.72. The third-order valence-electron chi connectivity index (χ3n) is 3.66. The summed E-state index contributed by atoms with van der Waals surface area (Å²) < 4.78 is 1.05. The molecule has 0 radical (unpaired) electrons. The van der Waals surface area contributed by atoms with Crippen LogP contribution in [0.3, 0.4) is 0 Å². The minimum absolute atomic E-state index is 0.129. The molecule has 0 spiro atoms. The van der Waals surface area contributed by atoms with Crippen molar-refractivity contribution in [1.29, 1.82) is 0 Å². The highest BCUT2D eigenvalue weighted by Gasteiger charge is 2.16. The van der Waals surface area contributed by atoms with Gasteiger partial charge in [0.2, 0.25) is 5.91 Å². The summed E-state index contributed by atoms with van der Waals surface area (Å²) in [6.45, 7) is 4.26. The molecule has 0 aromatic heterocycles. The molecule has 1 aromatic rings. The van der Waals surface area contributed by atoms with Crippen molar-refractivity contribution in [2.24, 2.45) is 5.92 Å². The lowest BCUT2D eigenvalue weighted by Gasteiger charge is -2.12. The first kappa shape index (κ1) is 14.5. The molecule has 0 aliphatic carbocycles. The van der Waals surface area contributed by atoms with Gasteiger partial charge in [0.15, 0.2) is 0 Å². The van der Waals surface area contributed by atoms with Crippen LogP contribution in [0, 0.1) is 5.92 Å². The molecule has 4 heteroatoms. The van der Waals surface area contributed by atoms with Gasteiger partial charge in [-0.25, -0.2) is 0 Å². The zero-order valence-electron chi connectivity index (χ0n) is 11.3. The maximum atomic E-state index is 12.0. The molecule has 1 aliphatic rings. The van der Waals surface area contributed by atoms with Gasteiger partial charge in [-0.15, -0.1) is 0 Å². The largest absolute Gasteiger partial charge is 0.326 e. The predicted molar refractivity (Wildman–Crippen MR) is 82.4 cm³/mol. The Balaban J connectivity index is 1.87. The summed E-state index contributed by atoms with van der Waals surface area (Å²) in [5.74, 6) is 0.797. The number of aryl methyl sites for hydroxylation is 1. The van der Waals surface area contributed by atoms with Crippen LogP contribution in [-0.4, -0.2) is 19.0 Å². The Labute approximate surface area is 123 Å². The first-order chi connectivity index (χ1) is 9.19. The molecule has 1 heterocycles. The first-order valence-electron chi connectivity index (χ1n) is 6.98. The minimum atomic E-state index is 0.129. The number of carbonyl (C=O) groups excluding carboxylic acids is 1. The summed E-state index contributed by atoms with van der Waals surface area (Å²) in [4.78, 5) is 12.0. The number of amides is 1. The number of rotatable bonds is 5. The zero-order chi connectivity index (χ0) is 13.7. The number of hydrogen-bond acceptors (Lipinski definition) is 2. The van der Waals surface area contributed by atoms with Gasteiger partial charge in [0.25, 0.3) is 0 Å². The molecule has 0 saturated carbocycles. The van der Waals surface area contributed by atoms with Crippen LogP contribution in [-0.2, 0) is 11.2 Å². The maximum Gasteiger partial charge on any atom is 0.224 e. The highest BCUT2D eigenvalue weighted by Crippen LogP contribution is 2.22. The van der Waals surface area contributed by atoms with Crippen LogP contribution in [0.5, 0.6) is 0 Å². The van der Waals surface area contributed by atoms with Gasteiger partial charge in [-0.1, -0.05) is 22.9 Å². The zero-order valence-corrected chi connectivity index (χ0v) is 12.9. The van der Waals surface area contributed by atoms with E-state index < -0.39 is 0 Å². The summed E-state index contributed by atoms with van der Waals surface area (Å²) in [6, 6.07) is 6.00. The van der Waals surface area contributed by atoms with Crippen LogP contribution >= 0.6 is 15.9 Å². The smallest absolute Gasteiger partial charge is 0.224 e. The molecular formula is C15H21BrN2O. The van der Waals surface area contributed by atoms with Crippen molar-refractivity contribution < 1.29 is 4.79 Å². The molecule has 1 aliphatic heterocycles. The summed E-state index contributed by atoms with van der Waals surface area (Å²) in [5.41, 5.74) is 2.12. The van der Waals surface area contributed by atoms with Gasteiger partial charge >= 0.3 is 0 Å². The Kier molecular flexibility index (Phi) is 5.40. The van der Waals surface area contributed by atoms with Crippen molar-refractivity contribution >= 4 is 27.5 Å². The van der Waals surface area contributed by atoms with E-state index >= 15 is 0 Å². The Morgan fingerprint density at radius 2 is 2.37 bits per heavy atom. The predicted octanol–water partition coefficient (Wildman–Crippen LogP) is 3.34. The van der Waals surface area contributed by atoms with Crippen molar-refractivity contribution in [1.82, 2.24) is 5.32 Å². The average molecular weight is 325 g/mol. The fourth-order valence-corrected chi connectivity index (χ4v) is 2.89. The van der Waals surface area contributed by atoms with E-state index in [0.29, 0.717) is 12.3 Å². The molecule has 2 N–H and O–H groups in total. The number of carbonyl (C=O) groups is 1. The molecule has 1 fully saturated rings. The van der Waals surface area contributed by atoms with Crippen LogP contribution in [0.25, 0.3) is 0 Å². The monoisotopic (exact) mass is 324 g/mol. The topological polar surface area (TPSA) is 41.1 Å². The van der Waals surface area contributed by atoms with Crippen molar-refractivity contribution in [3.63, 3.8) is 0 Å². The van der Waals surface area contributed by atoms with Crippen LogP contribution in [0.2, 0.25) is 0 Å².